The fraction of sp³-hybridized carbons (Fsp3) is 0.226. The van der Waals surface area contributed by atoms with Gasteiger partial charge in [0, 0.05) is 40.6 Å². The van der Waals surface area contributed by atoms with Crippen molar-refractivity contribution in [3.05, 3.63) is 112 Å². The molecule has 3 aromatic rings. The molecule has 2 N–H and O–H groups in total. The van der Waals surface area contributed by atoms with Gasteiger partial charge in [0.15, 0.2) is 17.3 Å². The molecule has 2 aliphatic rings. The number of amides is 1. The van der Waals surface area contributed by atoms with E-state index in [-0.39, 0.29) is 11.7 Å². The third-order valence-corrected chi connectivity index (χ3v) is 7.17. The van der Waals surface area contributed by atoms with Crippen molar-refractivity contribution in [3.8, 4) is 11.5 Å². The summed E-state index contributed by atoms with van der Waals surface area (Å²) >= 11 is 0. The van der Waals surface area contributed by atoms with Crippen LogP contribution < -0.4 is 20.1 Å². The summed E-state index contributed by atoms with van der Waals surface area (Å²) in [4.78, 5) is 27.5. The van der Waals surface area contributed by atoms with Crippen LogP contribution in [0.15, 0.2) is 95.3 Å². The number of halogens is 1. The van der Waals surface area contributed by atoms with Crippen molar-refractivity contribution in [1.82, 2.24) is 5.32 Å². The molecule has 0 saturated carbocycles. The average molecular weight is 513 g/mol. The highest BCUT2D eigenvalue weighted by Crippen LogP contribution is 2.47. The van der Waals surface area contributed by atoms with E-state index in [2.05, 4.69) is 10.6 Å². The van der Waals surface area contributed by atoms with Gasteiger partial charge in [-0.15, -0.1) is 0 Å². The number of ketones is 1. The molecule has 1 aliphatic carbocycles. The van der Waals surface area contributed by atoms with E-state index >= 15 is 0 Å². The molecule has 7 heteroatoms. The molecule has 1 aliphatic heterocycles. The maximum atomic E-state index is 13.8. The van der Waals surface area contributed by atoms with Gasteiger partial charge in [-0.1, -0.05) is 42.5 Å². The minimum absolute atomic E-state index is 0.0176. The number of dihydropyridines is 1. The molecule has 5 rings (SSSR count). The SMILES string of the molecule is COc1ccc(C2C(C(=O)Nc3cccc(F)c3)=C(C)NC3=C2C(=O)CC(c2ccccc2)C3)cc1OC. The first-order chi connectivity index (χ1) is 18.4. The Balaban J connectivity index is 1.60. The highest BCUT2D eigenvalue weighted by molar-refractivity contribution is 6.10. The van der Waals surface area contributed by atoms with E-state index in [4.69, 9.17) is 9.47 Å². The Morgan fingerprint density at radius 1 is 0.921 bits per heavy atom. The van der Waals surface area contributed by atoms with Gasteiger partial charge in [0.2, 0.25) is 0 Å². The number of rotatable bonds is 6. The Kier molecular flexibility index (Phi) is 7.01. The van der Waals surface area contributed by atoms with Crippen LogP contribution in [0.5, 0.6) is 11.5 Å². The fourth-order valence-corrected chi connectivity index (χ4v) is 5.43. The molecule has 1 amide bonds. The number of carbonyl (C=O) groups is 2. The molecule has 2 atom stereocenters. The Morgan fingerprint density at radius 3 is 2.39 bits per heavy atom. The topological polar surface area (TPSA) is 76.7 Å². The molecule has 0 spiro atoms. The molecular weight excluding hydrogens is 483 g/mol. The van der Waals surface area contributed by atoms with Crippen LogP contribution in [-0.2, 0) is 9.59 Å². The molecule has 1 heterocycles. The van der Waals surface area contributed by atoms with Crippen LogP contribution in [0.1, 0.15) is 42.7 Å². The van der Waals surface area contributed by atoms with E-state index in [1.165, 1.54) is 18.2 Å². The molecule has 38 heavy (non-hydrogen) atoms. The van der Waals surface area contributed by atoms with E-state index in [1.54, 1.807) is 32.4 Å². The highest BCUT2D eigenvalue weighted by Gasteiger charge is 2.41. The van der Waals surface area contributed by atoms with Crippen molar-refractivity contribution < 1.29 is 23.5 Å². The van der Waals surface area contributed by atoms with Gasteiger partial charge in [-0.2, -0.15) is 0 Å². The third-order valence-electron chi connectivity index (χ3n) is 7.17. The number of ether oxygens (including phenoxy) is 2. The summed E-state index contributed by atoms with van der Waals surface area (Å²) in [6.45, 7) is 1.83. The number of carbonyl (C=O) groups excluding carboxylic acids is 2. The van der Waals surface area contributed by atoms with Crippen molar-refractivity contribution in [3.63, 3.8) is 0 Å². The van der Waals surface area contributed by atoms with Crippen LogP contribution >= 0.6 is 0 Å². The molecule has 0 aromatic heterocycles. The summed E-state index contributed by atoms with van der Waals surface area (Å²) in [6, 6.07) is 21.2. The fourth-order valence-electron chi connectivity index (χ4n) is 5.43. The van der Waals surface area contributed by atoms with Gasteiger partial charge < -0.3 is 20.1 Å². The van der Waals surface area contributed by atoms with Crippen LogP contribution in [0.3, 0.4) is 0 Å². The predicted octanol–water partition coefficient (Wildman–Crippen LogP) is 5.84. The normalized spacial score (nSPS) is 19.0. The lowest BCUT2D eigenvalue weighted by molar-refractivity contribution is -0.116. The molecule has 0 saturated heterocycles. The Labute approximate surface area is 221 Å². The first-order valence-electron chi connectivity index (χ1n) is 12.5. The van der Waals surface area contributed by atoms with E-state index in [0.29, 0.717) is 46.9 Å². The summed E-state index contributed by atoms with van der Waals surface area (Å²) in [5, 5.41) is 6.19. The van der Waals surface area contributed by atoms with Crippen LogP contribution in [0.4, 0.5) is 10.1 Å². The van der Waals surface area contributed by atoms with Gasteiger partial charge in [-0.05, 0) is 60.7 Å². The summed E-state index contributed by atoms with van der Waals surface area (Å²) in [6.07, 6.45) is 0.983. The number of nitrogens with one attached hydrogen (secondary N) is 2. The molecule has 0 radical (unpaired) electrons. The predicted molar refractivity (Wildman–Crippen MR) is 144 cm³/mol. The van der Waals surface area contributed by atoms with Crippen molar-refractivity contribution in [2.24, 2.45) is 0 Å². The second kappa shape index (κ2) is 10.5. The zero-order valence-electron chi connectivity index (χ0n) is 21.5. The second-order valence-corrected chi connectivity index (χ2v) is 9.51. The average Bonchev–Trinajstić information content (AvgIpc) is 2.92. The van der Waals surface area contributed by atoms with Gasteiger partial charge in [-0.3, -0.25) is 9.59 Å². The van der Waals surface area contributed by atoms with E-state index < -0.39 is 17.6 Å². The Morgan fingerprint density at radius 2 is 1.68 bits per heavy atom. The molecular formula is C31H29FN2O4. The number of anilines is 1. The number of methoxy groups -OCH3 is 2. The van der Waals surface area contributed by atoms with Gasteiger partial charge in [0.25, 0.3) is 5.91 Å². The summed E-state index contributed by atoms with van der Waals surface area (Å²) < 4.78 is 24.8. The van der Waals surface area contributed by atoms with Gasteiger partial charge in [0.05, 0.1) is 14.2 Å². The summed E-state index contributed by atoms with van der Waals surface area (Å²) in [7, 11) is 3.10. The first kappa shape index (κ1) is 25.3. The Bertz CT molecular complexity index is 1460. The number of allylic oxidation sites excluding steroid dienone is 3. The lowest BCUT2D eigenvalue weighted by Crippen LogP contribution is -2.37. The molecule has 194 valence electrons. The third kappa shape index (κ3) is 4.79. The number of hydrogen-bond donors (Lipinski definition) is 2. The van der Waals surface area contributed by atoms with Crippen LogP contribution in [0, 0.1) is 5.82 Å². The second-order valence-electron chi connectivity index (χ2n) is 9.51. The van der Waals surface area contributed by atoms with Crippen molar-refractivity contribution in [2.75, 3.05) is 19.5 Å². The van der Waals surface area contributed by atoms with Crippen molar-refractivity contribution >= 4 is 17.4 Å². The Hall–Kier alpha value is -4.39. The number of hydrogen-bond acceptors (Lipinski definition) is 5. The van der Waals surface area contributed by atoms with E-state index in [0.717, 1.165) is 16.8 Å². The number of benzene rings is 3. The van der Waals surface area contributed by atoms with E-state index in [9.17, 15) is 14.0 Å². The quantitative estimate of drug-likeness (QED) is 0.434. The lowest BCUT2D eigenvalue weighted by atomic mass is 9.71. The smallest absolute Gasteiger partial charge is 0.254 e. The van der Waals surface area contributed by atoms with Crippen LogP contribution in [0.2, 0.25) is 0 Å². The van der Waals surface area contributed by atoms with Crippen LogP contribution in [-0.4, -0.2) is 25.9 Å². The summed E-state index contributed by atoms with van der Waals surface area (Å²) in [5.41, 5.74) is 4.58. The highest BCUT2D eigenvalue weighted by atomic mass is 19.1. The van der Waals surface area contributed by atoms with E-state index in [1.807, 2.05) is 43.3 Å². The lowest BCUT2D eigenvalue weighted by Gasteiger charge is -2.37. The summed E-state index contributed by atoms with van der Waals surface area (Å²) in [5.74, 6) is -0.434. The van der Waals surface area contributed by atoms with Gasteiger partial charge in [0.1, 0.15) is 5.82 Å². The monoisotopic (exact) mass is 512 g/mol. The first-order valence-corrected chi connectivity index (χ1v) is 12.5. The van der Waals surface area contributed by atoms with Crippen molar-refractivity contribution in [2.45, 2.75) is 31.6 Å². The standard InChI is InChI=1S/C31H29FN2O4/c1-18-28(31(36)34-23-11-7-10-22(32)17-23)29(20-12-13-26(37-2)27(16-20)38-3)30-24(33-18)14-21(15-25(30)35)19-8-5-4-6-9-19/h4-13,16-17,21,29,33H,14-15H2,1-3H3,(H,34,36). The minimum Gasteiger partial charge on any atom is -0.493 e. The van der Waals surface area contributed by atoms with Gasteiger partial charge in [-0.25, -0.2) is 4.39 Å². The van der Waals surface area contributed by atoms with Crippen LogP contribution in [0.25, 0.3) is 0 Å². The molecule has 2 unspecified atom stereocenters. The zero-order valence-corrected chi connectivity index (χ0v) is 21.5. The minimum atomic E-state index is -0.635. The molecule has 0 bridgehead atoms. The van der Waals surface area contributed by atoms with Gasteiger partial charge >= 0.3 is 0 Å². The van der Waals surface area contributed by atoms with Crippen molar-refractivity contribution in [1.29, 1.82) is 0 Å². The molecule has 3 aromatic carbocycles. The molecule has 6 nitrogen and oxygen atoms in total. The number of Topliss-reactive ketones (excluding diaryl/α,β-unsaturated/α-hetero) is 1. The maximum absolute atomic E-state index is 13.8. The maximum Gasteiger partial charge on any atom is 0.254 e. The molecule has 0 fully saturated rings. The zero-order chi connectivity index (χ0) is 26.8. The largest absolute Gasteiger partial charge is 0.493 e.